The van der Waals surface area contributed by atoms with Crippen molar-refractivity contribution in [2.24, 2.45) is 14.1 Å². The lowest BCUT2D eigenvalue weighted by atomic mass is 10.2. The molecule has 1 aliphatic heterocycles. The second-order valence-electron chi connectivity index (χ2n) is 7.23. The number of anilines is 1. The molecule has 2 aromatic heterocycles. The number of nitrogens with zero attached hydrogens (tertiary/aromatic N) is 4. The smallest absolute Gasteiger partial charge is 0.332 e. The second kappa shape index (κ2) is 8.21. The Hall–Kier alpha value is -4.09. The summed E-state index contributed by atoms with van der Waals surface area (Å²) >= 11 is 0. The van der Waals surface area contributed by atoms with Crippen molar-refractivity contribution in [3.8, 4) is 11.5 Å². The number of hydrogen-bond acceptors (Lipinski definition) is 8. The number of esters is 1. The van der Waals surface area contributed by atoms with Crippen molar-refractivity contribution in [3.63, 3.8) is 0 Å². The number of amides is 1. The van der Waals surface area contributed by atoms with Crippen molar-refractivity contribution in [2.45, 2.75) is 19.6 Å². The van der Waals surface area contributed by atoms with Gasteiger partial charge in [-0.2, -0.15) is 0 Å². The number of aromatic nitrogens is 4. The largest absolute Gasteiger partial charge is 0.486 e. The average molecular weight is 443 g/mol. The van der Waals surface area contributed by atoms with Gasteiger partial charge in [-0.15, -0.1) is 0 Å². The van der Waals surface area contributed by atoms with Gasteiger partial charge in [0, 0.05) is 25.8 Å². The zero-order valence-corrected chi connectivity index (χ0v) is 17.7. The van der Waals surface area contributed by atoms with Crippen LogP contribution in [0.15, 0.2) is 34.1 Å². The van der Waals surface area contributed by atoms with E-state index < -0.39 is 29.2 Å². The van der Waals surface area contributed by atoms with E-state index >= 15 is 0 Å². The minimum atomic E-state index is -1.10. The molecule has 0 saturated carbocycles. The molecule has 1 atom stereocenters. The number of fused-ring (bicyclic) bond motifs is 2. The van der Waals surface area contributed by atoms with Gasteiger partial charge < -0.3 is 24.1 Å². The average Bonchev–Trinajstić information content (AvgIpc) is 3.19. The summed E-state index contributed by atoms with van der Waals surface area (Å²) < 4.78 is 19.5. The van der Waals surface area contributed by atoms with Crippen LogP contribution in [0.1, 0.15) is 6.92 Å². The summed E-state index contributed by atoms with van der Waals surface area (Å²) in [7, 11) is 2.81. The van der Waals surface area contributed by atoms with Gasteiger partial charge in [0.1, 0.15) is 19.8 Å². The first-order valence-electron chi connectivity index (χ1n) is 9.77. The van der Waals surface area contributed by atoms with E-state index in [1.807, 2.05) is 0 Å². The number of carbonyl (C=O) groups is 2. The van der Waals surface area contributed by atoms with Crippen LogP contribution >= 0.6 is 0 Å². The van der Waals surface area contributed by atoms with Gasteiger partial charge in [-0.3, -0.25) is 23.5 Å². The number of rotatable bonds is 5. The van der Waals surface area contributed by atoms with Crippen molar-refractivity contribution in [1.29, 1.82) is 0 Å². The first kappa shape index (κ1) is 21.2. The third-order valence-corrected chi connectivity index (χ3v) is 5.00. The number of benzene rings is 1. The molecule has 3 heterocycles. The van der Waals surface area contributed by atoms with Gasteiger partial charge in [0.2, 0.25) is 0 Å². The predicted molar refractivity (Wildman–Crippen MR) is 112 cm³/mol. The number of ether oxygens (including phenoxy) is 3. The van der Waals surface area contributed by atoms with Crippen LogP contribution in [0.4, 0.5) is 5.69 Å². The number of carbonyl (C=O) groups excluding carboxylic acids is 2. The van der Waals surface area contributed by atoms with E-state index in [9.17, 15) is 19.2 Å². The molecule has 1 unspecified atom stereocenters. The van der Waals surface area contributed by atoms with E-state index in [0.717, 1.165) is 4.57 Å². The Morgan fingerprint density at radius 1 is 1.16 bits per heavy atom. The number of nitrogens with one attached hydrogen (secondary N) is 1. The maximum Gasteiger partial charge on any atom is 0.332 e. The maximum absolute atomic E-state index is 12.5. The molecule has 0 saturated heterocycles. The van der Waals surface area contributed by atoms with Crippen LogP contribution in [-0.4, -0.2) is 49.9 Å². The van der Waals surface area contributed by atoms with E-state index in [1.165, 1.54) is 36.5 Å². The standard InChI is InChI=1S/C20H21N5O7/c1-11(18(27)22-12-4-5-13-14(8-12)31-7-6-30-13)32-15(26)9-25-10-21-17-16(25)19(28)24(3)20(29)23(17)2/h4-5,8,10-11H,6-7,9H2,1-3H3,(H,22,27). The summed E-state index contributed by atoms with van der Waals surface area (Å²) in [6.45, 7) is 1.95. The van der Waals surface area contributed by atoms with Gasteiger partial charge in [0.15, 0.2) is 28.8 Å². The van der Waals surface area contributed by atoms with Gasteiger partial charge in [-0.05, 0) is 19.1 Å². The van der Waals surface area contributed by atoms with Crippen LogP contribution in [0.5, 0.6) is 11.5 Å². The Morgan fingerprint density at radius 2 is 1.88 bits per heavy atom. The van der Waals surface area contributed by atoms with E-state index in [4.69, 9.17) is 14.2 Å². The summed E-state index contributed by atoms with van der Waals surface area (Å²) in [4.78, 5) is 53.3. The highest BCUT2D eigenvalue weighted by molar-refractivity contribution is 5.95. The van der Waals surface area contributed by atoms with Crippen LogP contribution in [0.3, 0.4) is 0 Å². The van der Waals surface area contributed by atoms with Crippen LogP contribution in [0.2, 0.25) is 0 Å². The van der Waals surface area contributed by atoms with Crippen LogP contribution < -0.4 is 26.0 Å². The third kappa shape index (κ3) is 3.82. The summed E-state index contributed by atoms with van der Waals surface area (Å²) in [5.41, 5.74) is -0.417. The molecule has 12 heteroatoms. The van der Waals surface area contributed by atoms with Crippen molar-refractivity contribution in [1.82, 2.24) is 18.7 Å². The minimum Gasteiger partial charge on any atom is -0.486 e. The van der Waals surface area contributed by atoms with E-state index in [2.05, 4.69) is 10.3 Å². The fraction of sp³-hybridized carbons (Fsp3) is 0.350. The number of aryl methyl sites for hydroxylation is 1. The van der Waals surface area contributed by atoms with Gasteiger partial charge in [-0.1, -0.05) is 0 Å². The topological polar surface area (TPSA) is 136 Å². The Morgan fingerprint density at radius 3 is 2.62 bits per heavy atom. The van der Waals surface area contributed by atoms with Crippen molar-refractivity contribution >= 4 is 28.7 Å². The molecule has 1 aliphatic rings. The predicted octanol–water partition coefficient (Wildman–Crippen LogP) is -0.225. The molecule has 0 bridgehead atoms. The Labute approximate surface area is 180 Å². The van der Waals surface area contributed by atoms with Crippen molar-refractivity contribution in [3.05, 3.63) is 45.4 Å². The Kier molecular flexibility index (Phi) is 5.43. The molecule has 1 aromatic carbocycles. The molecular formula is C20H21N5O7. The molecule has 0 spiro atoms. The summed E-state index contributed by atoms with van der Waals surface area (Å²) in [5.74, 6) is -0.180. The fourth-order valence-corrected chi connectivity index (χ4v) is 3.31. The highest BCUT2D eigenvalue weighted by Crippen LogP contribution is 2.32. The van der Waals surface area contributed by atoms with E-state index in [-0.39, 0.29) is 17.7 Å². The van der Waals surface area contributed by atoms with Gasteiger partial charge in [0.25, 0.3) is 11.5 Å². The van der Waals surface area contributed by atoms with Crippen LogP contribution in [0.25, 0.3) is 11.2 Å². The zero-order valence-electron chi connectivity index (χ0n) is 17.7. The molecule has 168 valence electrons. The number of hydrogen-bond donors (Lipinski definition) is 1. The fourth-order valence-electron chi connectivity index (χ4n) is 3.31. The van der Waals surface area contributed by atoms with Gasteiger partial charge in [0.05, 0.1) is 6.33 Å². The van der Waals surface area contributed by atoms with Gasteiger partial charge >= 0.3 is 11.7 Å². The highest BCUT2D eigenvalue weighted by Gasteiger charge is 2.21. The molecule has 3 aromatic rings. The summed E-state index contributed by atoms with van der Waals surface area (Å²) in [6.07, 6.45) is 0.171. The van der Waals surface area contributed by atoms with Crippen LogP contribution in [0, 0.1) is 0 Å². The zero-order chi connectivity index (χ0) is 23.0. The SMILES string of the molecule is CC(OC(=O)Cn1cnc2c1c(=O)n(C)c(=O)n2C)C(=O)Nc1ccc2c(c1)OCCO2. The Bertz CT molecular complexity index is 1340. The molecule has 32 heavy (non-hydrogen) atoms. The van der Waals surface area contributed by atoms with E-state index in [1.54, 1.807) is 18.2 Å². The molecule has 1 amide bonds. The quantitative estimate of drug-likeness (QED) is 0.535. The first-order valence-corrected chi connectivity index (χ1v) is 9.77. The van der Waals surface area contributed by atoms with Crippen molar-refractivity contribution in [2.75, 3.05) is 18.5 Å². The monoisotopic (exact) mass is 443 g/mol. The molecule has 0 radical (unpaired) electrons. The maximum atomic E-state index is 12.5. The van der Waals surface area contributed by atoms with Crippen LogP contribution in [-0.2, 0) is 35.0 Å². The Balaban J connectivity index is 1.44. The highest BCUT2D eigenvalue weighted by atomic mass is 16.6. The first-order chi connectivity index (χ1) is 15.3. The van der Waals surface area contributed by atoms with E-state index in [0.29, 0.717) is 30.4 Å². The summed E-state index contributed by atoms with van der Waals surface area (Å²) in [5, 5.41) is 2.65. The minimum absolute atomic E-state index is 0.0833. The molecule has 0 fully saturated rings. The lowest BCUT2D eigenvalue weighted by Gasteiger charge is -2.19. The molecule has 4 rings (SSSR count). The lowest BCUT2D eigenvalue weighted by Crippen LogP contribution is -2.38. The number of imidazole rings is 1. The summed E-state index contributed by atoms with van der Waals surface area (Å²) in [6, 6.07) is 4.95. The second-order valence-corrected chi connectivity index (χ2v) is 7.23. The third-order valence-electron chi connectivity index (χ3n) is 5.00. The molecule has 0 aliphatic carbocycles. The molecule has 1 N–H and O–H groups in total. The van der Waals surface area contributed by atoms with Gasteiger partial charge in [-0.25, -0.2) is 9.78 Å². The normalized spacial score (nSPS) is 13.6. The molecular weight excluding hydrogens is 422 g/mol. The molecule has 12 nitrogen and oxygen atoms in total. The lowest BCUT2D eigenvalue weighted by molar-refractivity contribution is -0.153. The van der Waals surface area contributed by atoms with Crippen molar-refractivity contribution < 1.29 is 23.8 Å².